The van der Waals surface area contributed by atoms with Crippen LogP contribution in [0.15, 0.2) is 0 Å². The van der Waals surface area contributed by atoms with Gasteiger partial charge in [0.25, 0.3) is 0 Å². The maximum atomic E-state index is 5.86. The summed E-state index contributed by atoms with van der Waals surface area (Å²) >= 11 is 0. The van der Waals surface area contributed by atoms with E-state index in [2.05, 4.69) is 33.0 Å². The molecular weight excluding hydrogens is 210 g/mol. The quantitative estimate of drug-likeness (QED) is 0.551. The monoisotopic (exact) mass is 243 g/mol. The van der Waals surface area contributed by atoms with Crippen molar-refractivity contribution in [2.24, 2.45) is 0 Å². The van der Waals surface area contributed by atoms with Crippen LogP contribution in [0.3, 0.4) is 0 Å². The van der Waals surface area contributed by atoms with E-state index in [0.717, 1.165) is 19.4 Å². The fraction of sp³-hybridized carbons (Fsp3) is 1.00. The Bertz CT molecular complexity index is 158. The second-order valence-corrected chi connectivity index (χ2v) is 4.98. The van der Waals surface area contributed by atoms with Gasteiger partial charge in [-0.05, 0) is 32.2 Å². The van der Waals surface area contributed by atoms with Crippen LogP contribution in [-0.4, -0.2) is 25.3 Å². The highest BCUT2D eigenvalue weighted by Gasteiger charge is 2.34. The lowest BCUT2D eigenvalue weighted by molar-refractivity contribution is -0.0498. The second-order valence-electron chi connectivity index (χ2n) is 4.98. The van der Waals surface area contributed by atoms with E-state index < -0.39 is 0 Å². The average Bonchev–Trinajstić information content (AvgIpc) is 2.37. The summed E-state index contributed by atoms with van der Waals surface area (Å²) in [7, 11) is 1.87. The number of unbranched alkanes of at least 4 members (excludes halogenated alkanes) is 2. The van der Waals surface area contributed by atoms with Gasteiger partial charge in [0.15, 0.2) is 0 Å². The van der Waals surface area contributed by atoms with Gasteiger partial charge in [-0.3, -0.25) is 0 Å². The van der Waals surface area contributed by atoms with Crippen molar-refractivity contribution in [3.05, 3.63) is 0 Å². The lowest BCUT2D eigenvalue weighted by Crippen LogP contribution is -2.51. The molecule has 0 spiro atoms. The average molecular weight is 243 g/mol. The first kappa shape index (κ1) is 16.9. The summed E-state index contributed by atoms with van der Waals surface area (Å²) in [6.45, 7) is 10.1. The molecule has 2 nitrogen and oxygen atoms in total. The highest BCUT2D eigenvalue weighted by molar-refractivity contribution is 4.91. The molecule has 0 aromatic carbocycles. The summed E-state index contributed by atoms with van der Waals surface area (Å²) in [5.74, 6) is 0. The van der Waals surface area contributed by atoms with Crippen molar-refractivity contribution in [2.75, 3.05) is 13.7 Å². The van der Waals surface area contributed by atoms with Crippen LogP contribution >= 0.6 is 0 Å². The smallest absolute Gasteiger partial charge is 0.0825 e. The number of rotatable bonds is 11. The minimum atomic E-state index is 0.0307. The van der Waals surface area contributed by atoms with E-state index in [1.165, 1.54) is 32.1 Å². The van der Waals surface area contributed by atoms with Crippen molar-refractivity contribution in [3.63, 3.8) is 0 Å². The molecule has 0 bridgehead atoms. The summed E-state index contributed by atoms with van der Waals surface area (Å²) in [5, 5.41) is 3.70. The van der Waals surface area contributed by atoms with Crippen LogP contribution in [0.5, 0.6) is 0 Å². The van der Waals surface area contributed by atoms with Gasteiger partial charge in [0.2, 0.25) is 0 Å². The Morgan fingerprint density at radius 3 is 2.06 bits per heavy atom. The molecule has 0 fully saturated rings. The summed E-state index contributed by atoms with van der Waals surface area (Å²) in [5.41, 5.74) is 0.0307. The van der Waals surface area contributed by atoms with Crippen LogP contribution in [0.4, 0.5) is 0 Å². The molecule has 0 saturated carbocycles. The summed E-state index contributed by atoms with van der Waals surface area (Å²) < 4.78 is 5.86. The van der Waals surface area contributed by atoms with E-state index in [0.29, 0.717) is 6.04 Å². The summed E-state index contributed by atoms with van der Waals surface area (Å²) in [6.07, 6.45) is 8.54. The molecule has 0 aliphatic carbocycles. The van der Waals surface area contributed by atoms with Gasteiger partial charge >= 0.3 is 0 Å². The number of ether oxygens (including phenoxy) is 1. The first-order valence-corrected chi connectivity index (χ1v) is 7.49. The van der Waals surface area contributed by atoms with E-state index in [4.69, 9.17) is 4.74 Å². The lowest BCUT2D eigenvalue weighted by atomic mass is 9.85. The van der Waals surface area contributed by atoms with E-state index in [-0.39, 0.29) is 5.60 Å². The minimum Gasteiger partial charge on any atom is -0.377 e. The molecule has 0 amide bonds. The summed E-state index contributed by atoms with van der Waals surface area (Å²) in [4.78, 5) is 0. The molecule has 0 heterocycles. The first-order valence-electron chi connectivity index (χ1n) is 7.49. The summed E-state index contributed by atoms with van der Waals surface area (Å²) in [6, 6.07) is 0.508. The maximum Gasteiger partial charge on any atom is 0.0825 e. The van der Waals surface area contributed by atoms with Crippen molar-refractivity contribution in [2.45, 2.75) is 84.3 Å². The second kappa shape index (κ2) is 9.90. The fourth-order valence-electron chi connectivity index (χ4n) is 2.64. The molecule has 0 aliphatic heterocycles. The highest BCUT2D eigenvalue weighted by atomic mass is 16.5. The number of nitrogens with one attached hydrogen (secondary N) is 1. The van der Waals surface area contributed by atoms with Crippen molar-refractivity contribution in [1.29, 1.82) is 0 Å². The van der Waals surface area contributed by atoms with Crippen molar-refractivity contribution in [3.8, 4) is 0 Å². The minimum absolute atomic E-state index is 0.0307. The van der Waals surface area contributed by atoms with Crippen molar-refractivity contribution in [1.82, 2.24) is 5.32 Å². The molecule has 0 saturated heterocycles. The molecule has 17 heavy (non-hydrogen) atoms. The zero-order valence-corrected chi connectivity index (χ0v) is 12.6. The van der Waals surface area contributed by atoms with Gasteiger partial charge < -0.3 is 10.1 Å². The Balaban J connectivity index is 4.48. The molecule has 0 radical (unpaired) electrons. The topological polar surface area (TPSA) is 21.3 Å². The Morgan fingerprint density at radius 1 is 1.00 bits per heavy atom. The fourth-order valence-corrected chi connectivity index (χ4v) is 2.64. The van der Waals surface area contributed by atoms with Gasteiger partial charge in [0.05, 0.1) is 5.60 Å². The van der Waals surface area contributed by atoms with Crippen LogP contribution < -0.4 is 5.32 Å². The first-order chi connectivity index (χ1) is 8.20. The molecule has 0 aromatic heterocycles. The van der Waals surface area contributed by atoms with Gasteiger partial charge in [0.1, 0.15) is 0 Å². The van der Waals surface area contributed by atoms with E-state index in [9.17, 15) is 0 Å². The van der Waals surface area contributed by atoms with Crippen LogP contribution in [0.25, 0.3) is 0 Å². The van der Waals surface area contributed by atoms with E-state index >= 15 is 0 Å². The van der Waals surface area contributed by atoms with E-state index in [1.54, 1.807) is 0 Å². The Kier molecular flexibility index (Phi) is 9.85. The number of hydrogen-bond donors (Lipinski definition) is 1. The number of methoxy groups -OCH3 is 1. The van der Waals surface area contributed by atoms with Gasteiger partial charge in [-0.15, -0.1) is 0 Å². The van der Waals surface area contributed by atoms with Crippen LogP contribution in [0.1, 0.15) is 72.6 Å². The molecule has 0 aromatic rings. The molecule has 0 rings (SSSR count). The zero-order chi connectivity index (χ0) is 13.1. The molecule has 2 heteroatoms. The Morgan fingerprint density at radius 2 is 1.65 bits per heavy atom. The lowest BCUT2D eigenvalue weighted by Gasteiger charge is -2.39. The van der Waals surface area contributed by atoms with Gasteiger partial charge in [-0.2, -0.15) is 0 Å². The molecule has 104 valence electrons. The largest absolute Gasteiger partial charge is 0.377 e. The third-order valence-electron chi connectivity index (χ3n) is 3.98. The van der Waals surface area contributed by atoms with Crippen LogP contribution in [0, 0.1) is 0 Å². The van der Waals surface area contributed by atoms with E-state index in [1.807, 2.05) is 7.11 Å². The predicted molar refractivity (Wildman–Crippen MR) is 76.5 cm³/mol. The molecular formula is C15H33NO. The standard InChI is InChI=1S/C15H33NO/c1-6-10-11-12-14(16-13-7-2)15(8-3,9-4)17-5/h14,16H,6-13H2,1-5H3. The Hall–Kier alpha value is -0.0800. The third-order valence-corrected chi connectivity index (χ3v) is 3.98. The van der Waals surface area contributed by atoms with Gasteiger partial charge in [-0.25, -0.2) is 0 Å². The third kappa shape index (κ3) is 5.39. The normalized spacial score (nSPS) is 13.9. The molecule has 1 N–H and O–H groups in total. The van der Waals surface area contributed by atoms with Gasteiger partial charge in [0, 0.05) is 13.2 Å². The van der Waals surface area contributed by atoms with Crippen molar-refractivity contribution >= 4 is 0 Å². The predicted octanol–water partition coefficient (Wildman–Crippen LogP) is 4.14. The Labute approximate surface area is 109 Å². The molecule has 1 atom stereocenters. The molecule has 1 unspecified atom stereocenters. The molecule has 0 aliphatic rings. The zero-order valence-electron chi connectivity index (χ0n) is 12.6. The SMILES string of the molecule is CCCCCC(NCCC)C(CC)(CC)OC. The van der Waals surface area contributed by atoms with Crippen LogP contribution in [0.2, 0.25) is 0 Å². The maximum absolute atomic E-state index is 5.86. The van der Waals surface area contributed by atoms with Crippen molar-refractivity contribution < 1.29 is 4.74 Å². The van der Waals surface area contributed by atoms with Gasteiger partial charge in [-0.1, -0.05) is 47.0 Å². The highest BCUT2D eigenvalue weighted by Crippen LogP contribution is 2.27. The number of hydrogen-bond acceptors (Lipinski definition) is 2. The van der Waals surface area contributed by atoms with Crippen LogP contribution in [-0.2, 0) is 4.74 Å².